The molecular formula is C58H56F2N4O6. The first-order valence-electron chi connectivity index (χ1n) is 24.1. The SMILES string of the molecule is Cc1ccc(N(c2ccc(F)cc2)c2ccc(C3=C4C(=O)N(CC(C)C5OCCCO5)C(c5ccc(N(c6ccc(C)cc6)c6ccc(F)cc6)cc5)=C4C(=O)N3CC(C)C3OCCCO3)cc2)cc1. The first kappa shape index (κ1) is 46.8. The molecule has 4 aliphatic heterocycles. The Balaban J connectivity index is 1.10. The molecule has 2 saturated heterocycles. The molecule has 4 heterocycles. The molecular weight excluding hydrogens is 887 g/mol. The highest BCUT2D eigenvalue weighted by Gasteiger charge is 2.50. The third-order valence-corrected chi connectivity index (χ3v) is 13.3. The predicted octanol–water partition coefficient (Wildman–Crippen LogP) is 12.1. The van der Waals surface area contributed by atoms with Crippen molar-refractivity contribution in [2.24, 2.45) is 11.8 Å². The maximum Gasteiger partial charge on any atom is 0.261 e. The van der Waals surface area contributed by atoms with Gasteiger partial charge in [-0.05, 0) is 135 Å². The van der Waals surface area contributed by atoms with E-state index in [-0.39, 0.29) is 48.4 Å². The minimum absolute atomic E-state index is 0.224. The summed E-state index contributed by atoms with van der Waals surface area (Å²) in [6, 6.07) is 44.6. The van der Waals surface area contributed by atoms with Crippen LogP contribution in [0.4, 0.5) is 42.9 Å². The molecule has 0 aliphatic carbocycles. The summed E-state index contributed by atoms with van der Waals surface area (Å²) in [4.78, 5) is 38.5. The van der Waals surface area contributed by atoms with Gasteiger partial charge in [-0.15, -0.1) is 0 Å². The van der Waals surface area contributed by atoms with Crippen LogP contribution in [0, 0.1) is 37.3 Å². The van der Waals surface area contributed by atoms with Crippen LogP contribution >= 0.6 is 0 Å². The van der Waals surface area contributed by atoms with Gasteiger partial charge >= 0.3 is 0 Å². The van der Waals surface area contributed by atoms with Crippen molar-refractivity contribution in [1.29, 1.82) is 0 Å². The van der Waals surface area contributed by atoms with Crippen molar-refractivity contribution < 1.29 is 37.3 Å². The molecule has 0 spiro atoms. The minimum atomic E-state index is -0.531. The van der Waals surface area contributed by atoms with Crippen LogP contribution in [0.1, 0.15) is 48.9 Å². The summed E-state index contributed by atoms with van der Waals surface area (Å²) in [5.41, 5.74) is 10.1. The summed E-state index contributed by atoms with van der Waals surface area (Å²) in [6.07, 6.45) is 0.506. The van der Waals surface area contributed by atoms with E-state index in [0.717, 1.165) is 58.1 Å². The molecule has 10 rings (SSSR count). The molecule has 2 fully saturated rings. The molecule has 2 atom stereocenters. The number of hydrogen-bond donors (Lipinski definition) is 0. The van der Waals surface area contributed by atoms with Crippen molar-refractivity contribution in [3.63, 3.8) is 0 Å². The fourth-order valence-corrected chi connectivity index (χ4v) is 9.76. The maximum atomic E-state index is 15.5. The van der Waals surface area contributed by atoms with Crippen LogP contribution in [0.5, 0.6) is 0 Å². The topological polar surface area (TPSA) is 84.0 Å². The fraction of sp³-hybridized carbons (Fsp3) is 0.276. The molecule has 6 aromatic carbocycles. The maximum absolute atomic E-state index is 15.5. The lowest BCUT2D eigenvalue weighted by Gasteiger charge is -2.33. The highest BCUT2D eigenvalue weighted by Crippen LogP contribution is 2.49. The first-order chi connectivity index (χ1) is 34.0. The van der Waals surface area contributed by atoms with Crippen molar-refractivity contribution in [1.82, 2.24) is 9.80 Å². The van der Waals surface area contributed by atoms with Crippen LogP contribution in [-0.2, 0) is 28.5 Å². The summed E-state index contributed by atoms with van der Waals surface area (Å²) >= 11 is 0. The molecule has 6 aromatic rings. The van der Waals surface area contributed by atoms with Crippen LogP contribution in [0.15, 0.2) is 157 Å². The van der Waals surface area contributed by atoms with Gasteiger partial charge in [-0.2, -0.15) is 0 Å². The predicted molar refractivity (Wildman–Crippen MR) is 268 cm³/mol. The lowest BCUT2D eigenvalue weighted by atomic mass is 10.0. The second-order valence-corrected chi connectivity index (χ2v) is 18.5. The van der Waals surface area contributed by atoms with E-state index < -0.39 is 12.6 Å². The Morgan fingerprint density at radius 3 is 1.03 bits per heavy atom. The Morgan fingerprint density at radius 2 is 0.729 bits per heavy atom. The molecule has 0 bridgehead atoms. The van der Waals surface area contributed by atoms with Gasteiger partial charge in [0.05, 0.1) is 49.0 Å². The van der Waals surface area contributed by atoms with Crippen LogP contribution in [0.3, 0.4) is 0 Å². The molecule has 0 saturated carbocycles. The summed E-state index contributed by atoms with van der Waals surface area (Å²) in [5, 5.41) is 0. The summed E-state index contributed by atoms with van der Waals surface area (Å²) in [6.45, 7) is 10.7. The number of ether oxygens (including phenoxy) is 4. The smallest absolute Gasteiger partial charge is 0.261 e. The van der Waals surface area contributed by atoms with Gasteiger partial charge in [0.2, 0.25) is 0 Å². The molecule has 0 radical (unpaired) electrons. The molecule has 12 heteroatoms. The number of hydrogen-bond acceptors (Lipinski definition) is 8. The van der Waals surface area contributed by atoms with Gasteiger partial charge in [-0.1, -0.05) is 73.5 Å². The molecule has 4 aliphatic rings. The molecule has 2 amide bonds. The van der Waals surface area contributed by atoms with E-state index in [9.17, 15) is 8.78 Å². The van der Waals surface area contributed by atoms with Gasteiger partial charge in [0.15, 0.2) is 12.6 Å². The average Bonchev–Trinajstić information content (AvgIpc) is 3.83. The number of carbonyl (C=O) groups excluding carboxylic acids is 2. The number of halogens is 2. The Morgan fingerprint density at radius 1 is 0.457 bits per heavy atom. The Hall–Kier alpha value is -6.96. The zero-order valence-corrected chi connectivity index (χ0v) is 39.8. The van der Waals surface area contributed by atoms with E-state index in [0.29, 0.717) is 60.1 Å². The monoisotopic (exact) mass is 942 g/mol. The number of nitrogens with zero attached hydrogens (tertiary/aromatic N) is 4. The van der Waals surface area contributed by atoms with Gasteiger partial charge < -0.3 is 38.5 Å². The molecule has 0 aromatic heterocycles. The summed E-state index contributed by atoms with van der Waals surface area (Å²) in [5.74, 6) is -1.77. The molecule has 358 valence electrons. The molecule has 70 heavy (non-hydrogen) atoms. The second-order valence-electron chi connectivity index (χ2n) is 18.5. The molecule has 0 N–H and O–H groups in total. The van der Waals surface area contributed by atoms with Gasteiger partial charge in [0.1, 0.15) is 11.6 Å². The molecule has 2 unspecified atom stereocenters. The van der Waals surface area contributed by atoms with Gasteiger partial charge in [-0.3, -0.25) is 9.59 Å². The van der Waals surface area contributed by atoms with E-state index in [1.165, 1.54) is 24.3 Å². The standard InChI is InChI=1S/C58H56F2N4O6/c1-37-7-19-45(20-8-37)63(49-27-15-43(59)16-28-49)47-23-11-41(12-24-47)53-51-52(56(66)61(53)35-39(3)57-67-31-5-32-68-57)54(62(55(51)65)36-40(4)58-69-33-6-34-70-58)42-13-25-48(26-14-42)64(46-21-9-38(2)10-22-46)50-29-17-44(60)18-30-50/h7-30,39-40,57-58H,5-6,31-36H2,1-4H3. The highest BCUT2D eigenvalue weighted by molar-refractivity contribution is 6.30. The second kappa shape index (κ2) is 20.2. The van der Waals surface area contributed by atoms with Crippen LogP contribution in [0.25, 0.3) is 11.4 Å². The quantitative estimate of drug-likeness (QED) is 0.107. The van der Waals surface area contributed by atoms with E-state index in [2.05, 4.69) is 0 Å². The number of benzene rings is 6. The minimum Gasteiger partial charge on any atom is -0.352 e. The largest absolute Gasteiger partial charge is 0.352 e. The van der Waals surface area contributed by atoms with E-state index >= 15 is 9.59 Å². The summed E-state index contributed by atoms with van der Waals surface area (Å²) < 4.78 is 52.7. The van der Waals surface area contributed by atoms with Gasteiger partial charge in [0, 0.05) is 59.0 Å². The Kier molecular flexibility index (Phi) is 13.5. The van der Waals surface area contributed by atoms with E-state index in [1.54, 1.807) is 34.1 Å². The number of anilines is 6. The summed E-state index contributed by atoms with van der Waals surface area (Å²) in [7, 11) is 0. The zero-order valence-electron chi connectivity index (χ0n) is 39.8. The van der Waals surface area contributed by atoms with Crippen molar-refractivity contribution in [2.75, 3.05) is 49.3 Å². The third kappa shape index (κ3) is 9.39. The Labute approximate surface area is 407 Å². The number of fused-ring (bicyclic) bond motifs is 1. The van der Waals surface area contributed by atoms with Crippen molar-refractivity contribution in [3.8, 4) is 0 Å². The number of amides is 2. The van der Waals surface area contributed by atoms with Crippen LogP contribution in [-0.4, -0.2) is 73.7 Å². The van der Waals surface area contributed by atoms with Crippen molar-refractivity contribution >= 4 is 57.3 Å². The number of carbonyl (C=O) groups is 2. The number of rotatable bonds is 14. The average molecular weight is 943 g/mol. The normalized spacial score (nSPS) is 17.6. The van der Waals surface area contributed by atoms with Crippen LogP contribution < -0.4 is 9.80 Å². The number of aryl methyl sites for hydroxylation is 2. The highest BCUT2D eigenvalue weighted by atomic mass is 19.1. The van der Waals surface area contributed by atoms with Crippen molar-refractivity contribution in [2.45, 2.75) is 53.1 Å². The Bertz CT molecular complexity index is 2600. The zero-order chi connectivity index (χ0) is 48.5. The van der Waals surface area contributed by atoms with Crippen molar-refractivity contribution in [3.05, 3.63) is 191 Å². The van der Waals surface area contributed by atoms with E-state index in [4.69, 9.17) is 18.9 Å². The van der Waals surface area contributed by atoms with Gasteiger partial charge in [0.25, 0.3) is 11.8 Å². The molecule has 10 nitrogen and oxygen atoms in total. The van der Waals surface area contributed by atoms with E-state index in [1.807, 2.05) is 135 Å². The van der Waals surface area contributed by atoms with Crippen LogP contribution in [0.2, 0.25) is 0 Å². The lowest BCUT2D eigenvalue weighted by molar-refractivity contribution is -0.203. The fourth-order valence-electron chi connectivity index (χ4n) is 9.76. The lowest BCUT2D eigenvalue weighted by Crippen LogP contribution is -2.40. The third-order valence-electron chi connectivity index (χ3n) is 13.3. The first-order valence-corrected chi connectivity index (χ1v) is 24.1. The van der Waals surface area contributed by atoms with Gasteiger partial charge in [-0.25, -0.2) is 8.78 Å².